The average Bonchev–Trinajstić information content (AvgIpc) is 2.64. The normalized spacial score (nSPS) is 14.9. The fourth-order valence-corrected chi connectivity index (χ4v) is 2.83. The molecule has 1 aliphatic rings. The Hall–Kier alpha value is -2.53. The highest BCUT2D eigenvalue weighted by Gasteiger charge is 2.13. The third-order valence-electron chi connectivity index (χ3n) is 4.49. The van der Waals surface area contributed by atoms with Gasteiger partial charge in [0.1, 0.15) is 0 Å². The van der Waals surface area contributed by atoms with Crippen LogP contribution < -0.4 is 4.90 Å². The number of ether oxygens (including phenoxy) is 1. The van der Waals surface area contributed by atoms with Crippen LogP contribution in [0.1, 0.15) is 32.6 Å². The number of ketones is 1. The molecule has 130 valence electrons. The van der Waals surface area contributed by atoms with E-state index < -0.39 is 0 Å². The molecular formula is C20H23N3O2. The maximum Gasteiger partial charge on any atom is 0.225 e. The molecular weight excluding hydrogens is 314 g/mol. The summed E-state index contributed by atoms with van der Waals surface area (Å²) in [5.41, 5.74) is 4.87. The number of allylic oxidation sites excluding steroid dienone is 1. The number of hydrogen-bond acceptors (Lipinski definition) is 5. The van der Waals surface area contributed by atoms with E-state index in [1.807, 2.05) is 19.9 Å². The topological polar surface area (TPSA) is 55.3 Å². The minimum absolute atomic E-state index is 0.00199. The largest absolute Gasteiger partial charge is 0.378 e. The molecule has 1 fully saturated rings. The predicted octanol–water partition coefficient (Wildman–Crippen LogP) is 3.13. The molecule has 0 saturated carbocycles. The van der Waals surface area contributed by atoms with Gasteiger partial charge in [-0.3, -0.25) is 4.79 Å². The molecule has 0 N–H and O–H groups in total. The molecule has 0 radical (unpaired) electrons. The van der Waals surface area contributed by atoms with Gasteiger partial charge in [0, 0.05) is 36.6 Å². The summed E-state index contributed by atoms with van der Waals surface area (Å²) in [6.45, 7) is 9.06. The zero-order valence-corrected chi connectivity index (χ0v) is 15.0. The zero-order chi connectivity index (χ0) is 17.8. The van der Waals surface area contributed by atoms with E-state index in [0.29, 0.717) is 19.2 Å². The van der Waals surface area contributed by atoms with Crippen LogP contribution >= 0.6 is 0 Å². The second-order valence-electron chi connectivity index (χ2n) is 6.36. The van der Waals surface area contributed by atoms with Gasteiger partial charge in [-0.2, -0.15) is 0 Å². The van der Waals surface area contributed by atoms with Crippen molar-refractivity contribution < 1.29 is 9.53 Å². The van der Waals surface area contributed by atoms with Crippen LogP contribution in [0.2, 0.25) is 0 Å². The summed E-state index contributed by atoms with van der Waals surface area (Å²) in [5, 5.41) is 0. The highest BCUT2D eigenvalue weighted by molar-refractivity contribution is 6.07. The van der Waals surface area contributed by atoms with Crippen LogP contribution in [0, 0.1) is 20.8 Å². The average molecular weight is 337 g/mol. The Morgan fingerprint density at radius 1 is 1.04 bits per heavy atom. The quantitative estimate of drug-likeness (QED) is 0.634. The number of rotatable bonds is 4. The van der Waals surface area contributed by atoms with Crippen LogP contribution in [0.15, 0.2) is 30.6 Å². The number of carbonyl (C=O) groups is 1. The van der Waals surface area contributed by atoms with Crippen LogP contribution in [0.5, 0.6) is 0 Å². The first-order valence-corrected chi connectivity index (χ1v) is 8.49. The molecule has 5 nitrogen and oxygen atoms in total. The first-order chi connectivity index (χ1) is 12.0. The summed E-state index contributed by atoms with van der Waals surface area (Å²) in [6, 6.07) is 4.01. The number of anilines is 1. The van der Waals surface area contributed by atoms with Crippen molar-refractivity contribution >= 4 is 17.8 Å². The van der Waals surface area contributed by atoms with Crippen LogP contribution in [0.3, 0.4) is 0 Å². The van der Waals surface area contributed by atoms with E-state index in [9.17, 15) is 4.79 Å². The second-order valence-corrected chi connectivity index (χ2v) is 6.36. The highest BCUT2D eigenvalue weighted by Crippen LogP contribution is 2.17. The lowest BCUT2D eigenvalue weighted by atomic mass is 9.98. The van der Waals surface area contributed by atoms with Gasteiger partial charge in [-0.15, -0.1) is 0 Å². The Bertz CT molecular complexity index is 791. The monoisotopic (exact) mass is 337 g/mol. The Morgan fingerprint density at radius 3 is 2.36 bits per heavy atom. The van der Waals surface area contributed by atoms with Crippen LogP contribution in [-0.2, 0) is 4.74 Å². The number of nitrogens with zero attached hydrogens (tertiary/aromatic N) is 3. The molecule has 0 atom stereocenters. The summed E-state index contributed by atoms with van der Waals surface area (Å²) in [4.78, 5) is 23.4. The maximum atomic E-state index is 12.5. The molecule has 1 aromatic heterocycles. The third kappa shape index (κ3) is 4.12. The van der Waals surface area contributed by atoms with E-state index in [0.717, 1.165) is 35.3 Å². The number of aromatic nitrogens is 2. The minimum atomic E-state index is -0.00199. The highest BCUT2D eigenvalue weighted by atomic mass is 16.5. The lowest BCUT2D eigenvalue weighted by Gasteiger charge is -2.26. The number of morpholine rings is 1. The van der Waals surface area contributed by atoms with Gasteiger partial charge >= 0.3 is 0 Å². The molecule has 5 heteroatoms. The molecule has 2 aromatic rings. The van der Waals surface area contributed by atoms with Gasteiger partial charge in [0.05, 0.1) is 13.2 Å². The number of benzene rings is 1. The van der Waals surface area contributed by atoms with Crippen molar-refractivity contribution in [1.82, 2.24) is 9.97 Å². The van der Waals surface area contributed by atoms with Crippen molar-refractivity contribution in [1.29, 1.82) is 0 Å². The molecule has 0 unspecified atom stereocenters. The first kappa shape index (κ1) is 17.3. The van der Waals surface area contributed by atoms with Gasteiger partial charge < -0.3 is 9.64 Å². The van der Waals surface area contributed by atoms with Crippen molar-refractivity contribution in [3.63, 3.8) is 0 Å². The summed E-state index contributed by atoms with van der Waals surface area (Å²) < 4.78 is 5.33. The molecule has 1 aliphatic heterocycles. The van der Waals surface area contributed by atoms with Crippen LogP contribution in [0.25, 0.3) is 6.08 Å². The SMILES string of the molecule is Cc1cc(C)c(C(=O)C=Cc2cnc(N3CCOCC3)nc2)cc1C. The first-order valence-electron chi connectivity index (χ1n) is 8.49. The van der Waals surface area contributed by atoms with Crippen molar-refractivity contribution in [3.8, 4) is 0 Å². The Balaban J connectivity index is 1.71. The van der Waals surface area contributed by atoms with Gasteiger partial charge in [-0.05, 0) is 55.7 Å². The molecule has 25 heavy (non-hydrogen) atoms. The molecule has 2 heterocycles. The van der Waals surface area contributed by atoms with Gasteiger partial charge in [-0.25, -0.2) is 9.97 Å². The van der Waals surface area contributed by atoms with Gasteiger partial charge in [-0.1, -0.05) is 6.07 Å². The summed E-state index contributed by atoms with van der Waals surface area (Å²) in [7, 11) is 0. The fourth-order valence-electron chi connectivity index (χ4n) is 2.83. The third-order valence-corrected chi connectivity index (χ3v) is 4.49. The van der Waals surface area contributed by atoms with E-state index in [2.05, 4.69) is 27.9 Å². The molecule has 0 amide bonds. The lowest BCUT2D eigenvalue weighted by Crippen LogP contribution is -2.37. The minimum Gasteiger partial charge on any atom is -0.378 e. The van der Waals surface area contributed by atoms with Crippen LogP contribution in [-0.4, -0.2) is 42.1 Å². The zero-order valence-electron chi connectivity index (χ0n) is 15.0. The summed E-state index contributed by atoms with van der Waals surface area (Å²) in [6.07, 6.45) is 6.84. The van der Waals surface area contributed by atoms with E-state index >= 15 is 0 Å². The Morgan fingerprint density at radius 2 is 1.68 bits per heavy atom. The summed E-state index contributed by atoms with van der Waals surface area (Å²) >= 11 is 0. The number of aryl methyl sites for hydroxylation is 3. The van der Waals surface area contributed by atoms with Gasteiger partial charge in [0.15, 0.2) is 5.78 Å². The van der Waals surface area contributed by atoms with Crippen molar-refractivity contribution in [2.24, 2.45) is 0 Å². The molecule has 0 aliphatic carbocycles. The Kier molecular flexibility index (Phi) is 5.24. The van der Waals surface area contributed by atoms with E-state index in [1.165, 1.54) is 5.56 Å². The molecule has 1 saturated heterocycles. The maximum absolute atomic E-state index is 12.5. The van der Waals surface area contributed by atoms with Gasteiger partial charge in [0.2, 0.25) is 5.95 Å². The number of carbonyl (C=O) groups excluding carboxylic acids is 1. The van der Waals surface area contributed by atoms with Gasteiger partial charge in [0.25, 0.3) is 0 Å². The van der Waals surface area contributed by atoms with Crippen LogP contribution in [0.4, 0.5) is 5.95 Å². The van der Waals surface area contributed by atoms with Crippen molar-refractivity contribution in [2.45, 2.75) is 20.8 Å². The van der Waals surface area contributed by atoms with E-state index in [4.69, 9.17) is 4.74 Å². The smallest absolute Gasteiger partial charge is 0.225 e. The van der Waals surface area contributed by atoms with E-state index in [1.54, 1.807) is 24.5 Å². The molecule has 0 bridgehead atoms. The molecule has 0 spiro atoms. The fraction of sp³-hybridized carbons (Fsp3) is 0.350. The molecule has 1 aromatic carbocycles. The van der Waals surface area contributed by atoms with Crippen molar-refractivity contribution in [2.75, 3.05) is 31.2 Å². The summed E-state index contributed by atoms with van der Waals surface area (Å²) in [5.74, 6) is 0.703. The molecule has 3 rings (SSSR count). The van der Waals surface area contributed by atoms with E-state index in [-0.39, 0.29) is 5.78 Å². The van der Waals surface area contributed by atoms with Crippen molar-refractivity contribution in [3.05, 3.63) is 58.4 Å². The standard InChI is InChI=1S/C20H23N3O2/c1-14-10-16(3)18(11-15(14)2)19(24)5-4-17-12-21-20(22-13-17)23-6-8-25-9-7-23/h4-5,10-13H,6-9H2,1-3H3. The predicted molar refractivity (Wildman–Crippen MR) is 99.1 cm³/mol. The number of hydrogen-bond donors (Lipinski definition) is 0. The lowest BCUT2D eigenvalue weighted by molar-refractivity contribution is 0.104. The Labute approximate surface area is 148 Å². The second kappa shape index (κ2) is 7.57.